The number of amides is 1. The monoisotopic (exact) mass is 312 g/mol. The van der Waals surface area contributed by atoms with Crippen molar-refractivity contribution in [2.45, 2.75) is 18.5 Å². The van der Waals surface area contributed by atoms with E-state index in [0.29, 0.717) is 18.0 Å². The van der Waals surface area contributed by atoms with E-state index in [2.05, 4.69) is 15.7 Å². The fourth-order valence-electron chi connectivity index (χ4n) is 2.39. The second-order valence-corrected chi connectivity index (χ2v) is 5.75. The molecule has 1 saturated heterocycles. The molecule has 2 atom stereocenters. The van der Waals surface area contributed by atoms with Gasteiger partial charge in [-0.3, -0.25) is 9.48 Å². The molecule has 1 aliphatic heterocycles. The molecule has 112 valence electrons. The number of nitrogens with zero attached hydrogens (tertiary/aromatic N) is 2. The average Bonchev–Trinajstić information content (AvgIpc) is 3.19. The van der Waals surface area contributed by atoms with Crippen molar-refractivity contribution in [3.8, 4) is 0 Å². The third kappa shape index (κ3) is 2.96. The van der Waals surface area contributed by atoms with Gasteiger partial charge in [0.2, 0.25) is 0 Å². The molecule has 2 aromatic rings. The van der Waals surface area contributed by atoms with Crippen LogP contribution in [0.2, 0.25) is 0 Å². The summed E-state index contributed by atoms with van der Waals surface area (Å²) in [6, 6.07) is 2.98. The van der Waals surface area contributed by atoms with Gasteiger partial charge in [-0.15, -0.1) is 11.3 Å². The zero-order valence-corrected chi connectivity index (χ0v) is 11.8. The summed E-state index contributed by atoms with van der Waals surface area (Å²) in [5.74, 6) is -0.322. The molecular formula is C13H14F2N4OS. The highest BCUT2D eigenvalue weighted by Gasteiger charge is 2.30. The van der Waals surface area contributed by atoms with Crippen molar-refractivity contribution in [3.05, 3.63) is 40.3 Å². The third-order valence-corrected chi connectivity index (χ3v) is 4.41. The Morgan fingerprint density at radius 3 is 3.05 bits per heavy atom. The molecule has 1 amide bonds. The van der Waals surface area contributed by atoms with Crippen LogP contribution in [0.15, 0.2) is 29.9 Å². The van der Waals surface area contributed by atoms with Crippen LogP contribution in [0.1, 0.15) is 27.7 Å². The molecule has 1 aliphatic rings. The number of nitrogens with one attached hydrogen (secondary N) is 2. The second kappa shape index (κ2) is 5.90. The Morgan fingerprint density at radius 1 is 1.52 bits per heavy atom. The van der Waals surface area contributed by atoms with Crippen LogP contribution in [0.3, 0.4) is 0 Å². The molecule has 0 radical (unpaired) electrons. The highest BCUT2D eigenvalue weighted by Crippen LogP contribution is 2.25. The molecule has 3 rings (SSSR count). The van der Waals surface area contributed by atoms with E-state index in [1.165, 1.54) is 11.4 Å². The van der Waals surface area contributed by atoms with Crippen molar-refractivity contribution in [1.29, 1.82) is 0 Å². The summed E-state index contributed by atoms with van der Waals surface area (Å²) in [6.07, 6.45) is 0.982. The van der Waals surface area contributed by atoms with Gasteiger partial charge >= 0.3 is 0 Å². The van der Waals surface area contributed by atoms with E-state index in [4.69, 9.17) is 0 Å². The average molecular weight is 312 g/mol. The van der Waals surface area contributed by atoms with Gasteiger partial charge in [0.25, 0.3) is 12.3 Å². The highest BCUT2D eigenvalue weighted by molar-refractivity contribution is 7.12. The number of rotatable bonds is 4. The van der Waals surface area contributed by atoms with Gasteiger partial charge in [0.05, 0.1) is 17.0 Å². The number of alkyl halides is 2. The van der Waals surface area contributed by atoms with Crippen LogP contribution < -0.4 is 10.6 Å². The number of aromatic nitrogens is 2. The minimum Gasteiger partial charge on any atom is -0.345 e. The summed E-state index contributed by atoms with van der Waals surface area (Å²) in [5.41, 5.74) is -0.113. The van der Waals surface area contributed by atoms with Gasteiger partial charge in [-0.25, -0.2) is 8.78 Å². The van der Waals surface area contributed by atoms with Gasteiger partial charge in [-0.05, 0) is 12.1 Å². The number of halogens is 2. The van der Waals surface area contributed by atoms with E-state index in [1.54, 1.807) is 10.9 Å². The van der Waals surface area contributed by atoms with E-state index in [1.807, 2.05) is 12.3 Å². The largest absolute Gasteiger partial charge is 0.345 e. The summed E-state index contributed by atoms with van der Waals surface area (Å²) in [4.78, 5) is 12.5. The van der Waals surface area contributed by atoms with Crippen molar-refractivity contribution < 1.29 is 13.6 Å². The molecule has 8 heteroatoms. The predicted molar refractivity (Wildman–Crippen MR) is 74.7 cm³/mol. The zero-order valence-electron chi connectivity index (χ0n) is 11.0. The number of hydrogen-bond donors (Lipinski definition) is 2. The first-order valence-corrected chi connectivity index (χ1v) is 7.40. The maximum absolute atomic E-state index is 12.5. The Bertz CT molecular complexity index is 613. The fourth-order valence-corrected chi connectivity index (χ4v) is 3.19. The molecule has 0 aromatic carbocycles. The number of thiophene rings is 1. The van der Waals surface area contributed by atoms with Crippen LogP contribution >= 0.6 is 11.3 Å². The second-order valence-electron chi connectivity index (χ2n) is 4.84. The van der Waals surface area contributed by atoms with E-state index < -0.39 is 6.43 Å². The summed E-state index contributed by atoms with van der Waals surface area (Å²) in [7, 11) is 0. The smallest absolute Gasteiger partial charge is 0.264 e. The van der Waals surface area contributed by atoms with Gasteiger partial charge in [0.1, 0.15) is 0 Å². The molecular weight excluding hydrogens is 298 g/mol. The lowest BCUT2D eigenvalue weighted by Gasteiger charge is -2.20. The molecule has 5 nitrogen and oxygen atoms in total. The molecule has 0 spiro atoms. The SMILES string of the molecule is O=C(N[C@@H]1CNC[C@@H]1n1cccn1)c1cc(C(F)F)cs1. The van der Waals surface area contributed by atoms with Gasteiger partial charge in [0.15, 0.2) is 0 Å². The highest BCUT2D eigenvalue weighted by atomic mass is 32.1. The third-order valence-electron chi connectivity index (χ3n) is 3.46. The summed E-state index contributed by atoms with van der Waals surface area (Å²) < 4.78 is 26.9. The van der Waals surface area contributed by atoms with Crippen LogP contribution in [-0.4, -0.2) is 34.8 Å². The van der Waals surface area contributed by atoms with Crippen molar-refractivity contribution in [3.63, 3.8) is 0 Å². The van der Waals surface area contributed by atoms with Crippen LogP contribution in [-0.2, 0) is 0 Å². The summed E-state index contributed by atoms with van der Waals surface area (Å²) in [6.45, 7) is 1.34. The minimum atomic E-state index is -2.55. The first-order chi connectivity index (χ1) is 10.1. The molecule has 2 N–H and O–H groups in total. The molecule has 2 aromatic heterocycles. The van der Waals surface area contributed by atoms with Crippen molar-refractivity contribution in [2.75, 3.05) is 13.1 Å². The Labute approximate surface area is 124 Å². The number of carbonyl (C=O) groups excluding carboxylic acids is 1. The van der Waals surface area contributed by atoms with Crippen molar-refractivity contribution in [2.24, 2.45) is 0 Å². The predicted octanol–water partition coefficient (Wildman–Crippen LogP) is 1.83. The van der Waals surface area contributed by atoms with Crippen LogP contribution in [0, 0.1) is 0 Å². The van der Waals surface area contributed by atoms with E-state index in [0.717, 1.165) is 11.3 Å². The molecule has 0 bridgehead atoms. The normalized spacial score (nSPS) is 21.9. The van der Waals surface area contributed by atoms with Gasteiger partial charge in [0, 0.05) is 36.4 Å². The molecule has 0 aliphatic carbocycles. The van der Waals surface area contributed by atoms with Crippen LogP contribution in [0.5, 0.6) is 0 Å². The lowest BCUT2D eigenvalue weighted by Crippen LogP contribution is -2.41. The van der Waals surface area contributed by atoms with Crippen molar-refractivity contribution in [1.82, 2.24) is 20.4 Å². The van der Waals surface area contributed by atoms with E-state index >= 15 is 0 Å². The zero-order chi connectivity index (χ0) is 14.8. The first kappa shape index (κ1) is 14.2. The number of hydrogen-bond acceptors (Lipinski definition) is 4. The first-order valence-electron chi connectivity index (χ1n) is 6.52. The lowest BCUT2D eigenvalue weighted by molar-refractivity contribution is 0.0935. The quantitative estimate of drug-likeness (QED) is 0.905. The molecule has 1 fully saturated rings. The Morgan fingerprint density at radius 2 is 2.38 bits per heavy atom. The van der Waals surface area contributed by atoms with E-state index in [9.17, 15) is 13.6 Å². The summed E-state index contributed by atoms with van der Waals surface area (Å²) in [5, 5.41) is 11.6. The standard InChI is InChI=1S/C13H14F2N4OS/c14-12(15)8-4-11(21-7-8)13(20)18-9-5-16-6-10(9)19-3-1-2-17-19/h1-4,7,9-10,12,16H,5-6H2,(H,18,20)/t9-,10+/m1/s1. The van der Waals surface area contributed by atoms with Crippen molar-refractivity contribution >= 4 is 17.2 Å². The summed E-state index contributed by atoms with van der Waals surface area (Å²) >= 11 is 1.03. The molecule has 0 saturated carbocycles. The van der Waals surface area contributed by atoms with Crippen LogP contribution in [0.25, 0.3) is 0 Å². The Kier molecular flexibility index (Phi) is 3.98. The molecule has 3 heterocycles. The van der Waals surface area contributed by atoms with Gasteiger partial charge < -0.3 is 10.6 Å². The molecule has 21 heavy (non-hydrogen) atoms. The molecule has 0 unspecified atom stereocenters. The maximum atomic E-state index is 12.5. The van der Waals surface area contributed by atoms with Crippen LogP contribution in [0.4, 0.5) is 8.78 Å². The minimum absolute atomic E-state index is 0.0264. The number of carbonyl (C=O) groups is 1. The van der Waals surface area contributed by atoms with Gasteiger partial charge in [-0.2, -0.15) is 5.10 Å². The maximum Gasteiger partial charge on any atom is 0.264 e. The fraction of sp³-hybridized carbons (Fsp3) is 0.385. The topological polar surface area (TPSA) is 59.0 Å². The van der Waals surface area contributed by atoms with Gasteiger partial charge in [-0.1, -0.05) is 0 Å². The lowest BCUT2D eigenvalue weighted by atomic mass is 10.1. The Hall–Kier alpha value is -1.80. The Balaban J connectivity index is 1.68. The van der Waals surface area contributed by atoms with E-state index in [-0.39, 0.29) is 23.6 Å².